The van der Waals surface area contributed by atoms with E-state index in [-0.39, 0.29) is 5.41 Å². The second-order valence-corrected chi connectivity index (χ2v) is 7.25. The zero-order valence-electron chi connectivity index (χ0n) is 13.9. The van der Waals surface area contributed by atoms with Gasteiger partial charge in [0.1, 0.15) is 0 Å². The molecule has 24 heavy (non-hydrogen) atoms. The third-order valence-electron chi connectivity index (χ3n) is 6.12. The molecule has 0 unspecified atom stereocenters. The fraction of sp³-hybridized carbons (Fsp3) is 0.217. The van der Waals surface area contributed by atoms with Gasteiger partial charge in [0.15, 0.2) is 0 Å². The van der Waals surface area contributed by atoms with Gasteiger partial charge in [0.2, 0.25) is 0 Å². The Kier molecular flexibility index (Phi) is 2.87. The van der Waals surface area contributed by atoms with Crippen LogP contribution in [0.1, 0.15) is 35.2 Å². The van der Waals surface area contributed by atoms with Gasteiger partial charge in [0, 0.05) is 17.0 Å². The van der Waals surface area contributed by atoms with E-state index >= 15 is 0 Å². The van der Waals surface area contributed by atoms with Gasteiger partial charge in [0.25, 0.3) is 0 Å². The molecule has 3 aromatic rings. The van der Waals surface area contributed by atoms with Gasteiger partial charge < -0.3 is 5.32 Å². The van der Waals surface area contributed by atoms with Crippen molar-refractivity contribution in [1.29, 1.82) is 0 Å². The van der Waals surface area contributed by atoms with E-state index in [1.807, 2.05) is 0 Å². The average molecular weight is 311 g/mol. The zero-order valence-corrected chi connectivity index (χ0v) is 13.9. The molecule has 0 fully saturated rings. The Morgan fingerprint density at radius 1 is 0.792 bits per heavy atom. The van der Waals surface area contributed by atoms with E-state index in [4.69, 9.17) is 0 Å². The lowest BCUT2D eigenvalue weighted by Crippen LogP contribution is -2.41. The van der Waals surface area contributed by atoms with Crippen LogP contribution >= 0.6 is 0 Å². The van der Waals surface area contributed by atoms with Crippen LogP contribution in [0.4, 0.5) is 5.69 Å². The number of rotatable bonds is 1. The standard InChI is InChI=1S/C23H21N/c1-23-18-12-6-5-11-17(18)15-20(23)22(16-9-3-2-4-10-16)24-21-14-8-7-13-19(21)23/h2-14,20,22,24H,15H2,1H3/t20-,22+,23+/m1/s1. The van der Waals surface area contributed by atoms with E-state index in [1.165, 1.54) is 27.9 Å². The van der Waals surface area contributed by atoms with Crippen LogP contribution in [0.25, 0.3) is 0 Å². The summed E-state index contributed by atoms with van der Waals surface area (Å²) in [6.45, 7) is 2.44. The molecule has 0 saturated heterocycles. The molecule has 1 aliphatic heterocycles. The molecule has 2 aliphatic rings. The summed E-state index contributed by atoms with van der Waals surface area (Å²) in [4.78, 5) is 0. The van der Waals surface area contributed by atoms with Crippen molar-refractivity contribution in [3.63, 3.8) is 0 Å². The van der Waals surface area contributed by atoms with Crippen LogP contribution in [0.5, 0.6) is 0 Å². The number of fused-ring (bicyclic) bond motifs is 5. The van der Waals surface area contributed by atoms with Crippen LogP contribution in [0, 0.1) is 5.92 Å². The summed E-state index contributed by atoms with van der Waals surface area (Å²) >= 11 is 0. The molecular weight excluding hydrogens is 290 g/mol. The molecule has 5 rings (SSSR count). The van der Waals surface area contributed by atoms with Crippen molar-refractivity contribution in [3.8, 4) is 0 Å². The lowest BCUT2D eigenvalue weighted by atomic mass is 9.65. The van der Waals surface area contributed by atoms with Gasteiger partial charge in [-0.1, -0.05) is 79.7 Å². The molecule has 0 radical (unpaired) electrons. The molecule has 0 amide bonds. The fourth-order valence-electron chi connectivity index (χ4n) is 4.95. The quantitative estimate of drug-likeness (QED) is 0.640. The molecule has 3 atom stereocenters. The monoisotopic (exact) mass is 311 g/mol. The highest BCUT2D eigenvalue weighted by atomic mass is 15.0. The van der Waals surface area contributed by atoms with Crippen molar-refractivity contribution in [2.75, 3.05) is 5.32 Å². The molecule has 1 heteroatoms. The number of nitrogens with one attached hydrogen (secondary N) is 1. The smallest absolute Gasteiger partial charge is 0.0556 e. The minimum absolute atomic E-state index is 0.0684. The summed E-state index contributed by atoms with van der Waals surface area (Å²) < 4.78 is 0. The number of anilines is 1. The molecule has 0 spiro atoms. The fourth-order valence-corrected chi connectivity index (χ4v) is 4.95. The Bertz CT molecular complexity index is 899. The summed E-state index contributed by atoms with van der Waals surface area (Å²) in [5.74, 6) is 0.534. The first-order chi connectivity index (χ1) is 11.8. The molecule has 1 N–H and O–H groups in total. The van der Waals surface area contributed by atoms with Crippen LogP contribution in [-0.2, 0) is 11.8 Å². The minimum atomic E-state index is 0.0684. The van der Waals surface area contributed by atoms with Gasteiger partial charge in [-0.05, 0) is 34.7 Å². The topological polar surface area (TPSA) is 12.0 Å². The number of hydrogen-bond donors (Lipinski definition) is 1. The summed E-state index contributed by atoms with van der Waals surface area (Å²) in [5.41, 5.74) is 7.18. The Balaban J connectivity index is 1.76. The normalized spacial score (nSPS) is 26.9. The predicted octanol–water partition coefficient (Wildman–Crippen LogP) is 5.33. The highest BCUT2D eigenvalue weighted by Gasteiger charge is 2.51. The van der Waals surface area contributed by atoms with Gasteiger partial charge in [-0.25, -0.2) is 0 Å². The van der Waals surface area contributed by atoms with Crippen LogP contribution in [-0.4, -0.2) is 0 Å². The lowest BCUT2D eigenvalue weighted by Gasteiger charge is -2.45. The molecule has 1 heterocycles. The third kappa shape index (κ3) is 1.76. The highest BCUT2D eigenvalue weighted by molar-refractivity contribution is 5.65. The van der Waals surface area contributed by atoms with Gasteiger partial charge in [-0.15, -0.1) is 0 Å². The SMILES string of the molecule is C[C@@]12c3ccccc3C[C@@H]1[C@H](c1ccccc1)Nc1ccccc12. The Hall–Kier alpha value is -2.54. The molecule has 1 aliphatic carbocycles. The van der Waals surface area contributed by atoms with Crippen molar-refractivity contribution in [1.82, 2.24) is 0 Å². The lowest BCUT2D eigenvalue weighted by molar-refractivity contribution is 0.319. The Morgan fingerprint density at radius 2 is 1.46 bits per heavy atom. The van der Waals surface area contributed by atoms with Crippen molar-refractivity contribution in [2.24, 2.45) is 5.92 Å². The zero-order chi connectivity index (χ0) is 16.1. The van der Waals surface area contributed by atoms with Crippen LogP contribution in [0.2, 0.25) is 0 Å². The summed E-state index contributed by atoms with van der Waals surface area (Å²) in [6.07, 6.45) is 1.13. The van der Waals surface area contributed by atoms with Crippen molar-refractivity contribution >= 4 is 5.69 Å². The summed E-state index contributed by atoms with van der Waals surface area (Å²) in [7, 11) is 0. The largest absolute Gasteiger partial charge is 0.378 e. The predicted molar refractivity (Wildman–Crippen MR) is 99.3 cm³/mol. The third-order valence-corrected chi connectivity index (χ3v) is 6.12. The first-order valence-corrected chi connectivity index (χ1v) is 8.78. The first-order valence-electron chi connectivity index (χ1n) is 8.78. The van der Waals surface area contributed by atoms with Gasteiger partial charge in [-0.2, -0.15) is 0 Å². The molecule has 0 saturated carbocycles. The summed E-state index contributed by atoms with van der Waals surface area (Å²) in [6, 6.07) is 29.1. The Morgan fingerprint density at radius 3 is 2.29 bits per heavy atom. The summed E-state index contributed by atoms with van der Waals surface area (Å²) in [5, 5.41) is 3.84. The van der Waals surface area contributed by atoms with Crippen LogP contribution in [0.3, 0.4) is 0 Å². The maximum atomic E-state index is 3.84. The number of para-hydroxylation sites is 1. The van der Waals surface area contributed by atoms with Crippen molar-refractivity contribution in [3.05, 3.63) is 101 Å². The number of hydrogen-bond acceptors (Lipinski definition) is 1. The van der Waals surface area contributed by atoms with E-state index in [9.17, 15) is 0 Å². The molecule has 0 aromatic heterocycles. The average Bonchev–Trinajstić information content (AvgIpc) is 2.96. The second kappa shape index (κ2) is 4.98. The van der Waals surface area contributed by atoms with E-state index in [0.29, 0.717) is 12.0 Å². The molecule has 118 valence electrons. The first kappa shape index (κ1) is 13.9. The molecule has 3 aromatic carbocycles. The van der Waals surface area contributed by atoms with Crippen LogP contribution < -0.4 is 5.32 Å². The van der Waals surface area contributed by atoms with Crippen molar-refractivity contribution in [2.45, 2.75) is 24.8 Å². The molecular formula is C23H21N. The van der Waals surface area contributed by atoms with Gasteiger partial charge in [0.05, 0.1) is 6.04 Å². The van der Waals surface area contributed by atoms with Crippen LogP contribution in [0.15, 0.2) is 78.9 Å². The van der Waals surface area contributed by atoms with E-state index in [2.05, 4.69) is 91.1 Å². The van der Waals surface area contributed by atoms with E-state index < -0.39 is 0 Å². The highest BCUT2D eigenvalue weighted by Crippen LogP contribution is 2.57. The van der Waals surface area contributed by atoms with Crippen molar-refractivity contribution < 1.29 is 0 Å². The number of benzene rings is 3. The molecule has 1 nitrogen and oxygen atoms in total. The second-order valence-electron chi connectivity index (χ2n) is 7.25. The Labute approximate surface area is 143 Å². The van der Waals surface area contributed by atoms with Gasteiger partial charge >= 0.3 is 0 Å². The minimum Gasteiger partial charge on any atom is -0.378 e. The molecule has 0 bridgehead atoms. The maximum absolute atomic E-state index is 3.84. The maximum Gasteiger partial charge on any atom is 0.0556 e. The van der Waals surface area contributed by atoms with Gasteiger partial charge in [-0.3, -0.25) is 0 Å². The van der Waals surface area contributed by atoms with E-state index in [0.717, 1.165) is 6.42 Å². The van der Waals surface area contributed by atoms with E-state index in [1.54, 1.807) is 0 Å².